The summed E-state index contributed by atoms with van der Waals surface area (Å²) >= 11 is 1.54. The lowest BCUT2D eigenvalue weighted by atomic mass is 10.0. The highest BCUT2D eigenvalue weighted by atomic mass is 32.1. The van der Waals surface area contributed by atoms with Crippen molar-refractivity contribution in [1.29, 1.82) is 0 Å². The van der Waals surface area contributed by atoms with E-state index in [1.165, 1.54) is 11.3 Å². The fraction of sp³-hybridized carbons (Fsp3) is 0.346. The predicted octanol–water partition coefficient (Wildman–Crippen LogP) is 2.27. The van der Waals surface area contributed by atoms with Crippen LogP contribution >= 0.6 is 11.3 Å². The SMILES string of the molecule is O=C(c1ccccc1)N1CCc2c(sc3ncn(CCN4CCN(c5ncccn5)CC4)c(=O)c23)C1. The molecule has 4 aromatic rings. The zero-order valence-electron chi connectivity index (χ0n) is 19.9. The van der Waals surface area contributed by atoms with Gasteiger partial charge >= 0.3 is 0 Å². The fourth-order valence-electron chi connectivity index (χ4n) is 4.99. The van der Waals surface area contributed by atoms with Gasteiger partial charge in [0.05, 0.1) is 18.3 Å². The molecular weight excluding hydrogens is 474 g/mol. The maximum absolute atomic E-state index is 13.4. The third-order valence-electron chi connectivity index (χ3n) is 7.00. The van der Waals surface area contributed by atoms with Crippen LogP contribution in [0.3, 0.4) is 0 Å². The van der Waals surface area contributed by atoms with Crippen molar-refractivity contribution < 1.29 is 4.79 Å². The van der Waals surface area contributed by atoms with Crippen LogP contribution in [0.15, 0.2) is 59.9 Å². The van der Waals surface area contributed by atoms with Gasteiger partial charge in [-0.05, 0) is 30.2 Å². The molecule has 0 N–H and O–H groups in total. The third kappa shape index (κ3) is 4.38. The van der Waals surface area contributed by atoms with E-state index in [0.29, 0.717) is 31.6 Å². The predicted molar refractivity (Wildman–Crippen MR) is 139 cm³/mol. The number of carbonyl (C=O) groups excluding carboxylic acids is 1. The van der Waals surface area contributed by atoms with Crippen LogP contribution < -0.4 is 10.5 Å². The molecule has 2 aliphatic heterocycles. The number of amides is 1. The number of hydrogen-bond acceptors (Lipinski definition) is 8. The molecule has 0 spiro atoms. The van der Waals surface area contributed by atoms with Crippen LogP contribution in [-0.2, 0) is 19.5 Å². The second kappa shape index (κ2) is 9.79. The largest absolute Gasteiger partial charge is 0.338 e. The number of nitrogens with zero attached hydrogens (tertiary/aromatic N) is 7. The Morgan fingerprint density at radius 1 is 0.917 bits per heavy atom. The number of aromatic nitrogens is 4. The molecule has 0 saturated carbocycles. The van der Waals surface area contributed by atoms with E-state index in [1.807, 2.05) is 41.3 Å². The van der Waals surface area contributed by atoms with Gasteiger partial charge in [0.2, 0.25) is 5.95 Å². The van der Waals surface area contributed by atoms with E-state index in [9.17, 15) is 9.59 Å². The summed E-state index contributed by atoms with van der Waals surface area (Å²) in [5.41, 5.74) is 1.78. The van der Waals surface area contributed by atoms with Crippen LogP contribution in [-0.4, -0.2) is 74.5 Å². The van der Waals surface area contributed by atoms with E-state index < -0.39 is 0 Å². The molecule has 3 aromatic heterocycles. The molecule has 5 heterocycles. The van der Waals surface area contributed by atoms with Gasteiger partial charge < -0.3 is 9.80 Å². The second-order valence-corrected chi connectivity index (χ2v) is 10.2. The van der Waals surface area contributed by atoms with E-state index in [0.717, 1.165) is 59.3 Å². The summed E-state index contributed by atoms with van der Waals surface area (Å²) in [6, 6.07) is 11.2. The van der Waals surface area contributed by atoms with Gasteiger partial charge in [-0.1, -0.05) is 18.2 Å². The minimum atomic E-state index is 0.0247. The second-order valence-electron chi connectivity index (χ2n) is 9.15. The molecule has 1 aromatic carbocycles. The fourth-order valence-corrected chi connectivity index (χ4v) is 6.18. The average Bonchev–Trinajstić information content (AvgIpc) is 3.32. The summed E-state index contributed by atoms with van der Waals surface area (Å²) in [5.74, 6) is 0.803. The molecular formula is C26H27N7O2S. The van der Waals surface area contributed by atoms with Crippen LogP contribution in [0.25, 0.3) is 10.2 Å². The Labute approximate surface area is 212 Å². The lowest BCUT2D eigenvalue weighted by Gasteiger charge is -2.34. The van der Waals surface area contributed by atoms with Crippen molar-refractivity contribution >= 4 is 33.4 Å². The molecule has 0 unspecified atom stereocenters. The summed E-state index contributed by atoms with van der Waals surface area (Å²) in [7, 11) is 0. The van der Waals surface area contributed by atoms with Crippen molar-refractivity contribution in [2.75, 3.05) is 44.2 Å². The highest BCUT2D eigenvalue weighted by molar-refractivity contribution is 7.18. The molecule has 0 aliphatic carbocycles. The summed E-state index contributed by atoms with van der Waals surface area (Å²) in [6.45, 7) is 6.08. The van der Waals surface area contributed by atoms with Gasteiger partial charge in [0.15, 0.2) is 0 Å². The topological polar surface area (TPSA) is 87.5 Å². The number of piperazine rings is 1. The summed E-state index contributed by atoms with van der Waals surface area (Å²) in [6.07, 6.45) is 5.89. The van der Waals surface area contributed by atoms with Crippen molar-refractivity contribution in [3.63, 3.8) is 0 Å². The first-order valence-electron chi connectivity index (χ1n) is 12.3. The van der Waals surface area contributed by atoms with Gasteiger partial charge in [0.1, 0.15) is 4.83 Å². The van der Waals surface area contributed by atoms with Gasteiger partial charge in [-0.3, -0.25) is 19.1 Å². The first-order chi connectivity index (χ1) is 17.7. The summed E-state index contributed by atoms with van der Waals surface area (Å²) in [5, 5.41) is 0.732. The zero-order chi connectivity index (χ0) is 24.5. The number of rotatable bonds is 5. The van der Waals surface area contributed by atoms with Crippen LogP contribution in [0.5, 0.6) is 0 Å². The van der Waals surface area contributed by atoms with Gasteiger partial charge in [-0.2, -0.15) is 0 Å². The normalized spacial score (nSPS) is 16.3. The van der Waals surface area contributed by atoms with Gasteiger partial charge in [0.25, 0.3) is 11.5 Å². The smallest absolute Gasteiger partial charge is 0.262 e. The Morgan fingerprint density at radius 3 is 2.47 bits per heavy atom. The standard InChI is InChI=1S/C26H27N7O2S/c34-24(19-5-2-1-3-6-19)32-10-7-20-21(17-32)36-23-22(20)25(35)33(18-29-23)16-13-30-11-14-31(15-12-30)26-27-8-4-9-28-26/h1-6,8-9,18H,7,10-17H2. The Morgan fingerprint density at radius 2 is 1.69 bits per heavy atom. The maximum Gasteiger partial charge on any atom is 0.262 e. The first kappa shape index (κ1) is 22.8. The Hall–Kier alpha value is -3.63. The molecule has 2 aliphatic rings. The molecule has 9 nitrogen and oxygen atoms in total. The molecule has 36 heavy (non-hydrogen) atoms. The Bertz CT molecular complexity index is 1430. The average molecular weight is 502 g/mol. The first-order valence-corrected chi connectivity index (χ1v) is 13.1. The number of fused-ring (bicyclic) bond motifs is 3. The van der Waals surface area contributed by atoms with Crippen LogP contribution in [0.2, 0.25) is 0 Å². The van der Waals surface area contributed by atoms with Crippen molar-refractivity contribution in [3.8, 4) is 0 Å². The minimum absolute atomic E-state index is 0.0247. The number of benzene rings is 1. The van der Waals surface area contributed by atoms with E-state index in [4.69, 9.17) is 0 Å². The van der Waals surface area contributed by atoms with Crippen molar-refractivity contribution in [1.82, 2.24) is 29.3 Å². The quantitative estimate of drug-likeness (QED) is 0.415. The summed E-state index contributed by atoms with van der Waals surface area (Å²) < 4.78 is 1.74. The van der Waals surface area contributed by atoms with E-state index in [1.54, 1.807) is 23.3 Å². The number of carbonyl (C=O) groups is 1. The molecule has 1 fully saturated rings. The molecule has 1 saturated heterocycles. The molecule has 184 valence electrons. The lowest BCUT2D eigenvalue weighted by Crippen LogP contribution is -2.48. The molecule has 0 radical (unpaired) electrons. The highest BCUT2D eigenvalue weighted by Gasteiger charge is 2.27. The molecule has 6 rings (SSSR count). The number of thiophene rings is 1. The Kier molecular flexibility index (Phi) is 6.20. The molecule has 0 atom stereocenters. The van der Waals surface area contributed by atoms with Crippen molar-refractivity contribution in [2.24, 2.45) is 0 Å². The monoisotopic (exact) mass is 501 g/mol. The summed E-state index contributed by atoms with van der Waals surface area (Å²) in [4.78, 5) is 47.9. The van der Waals surface area contributed by atoms with Crippen LogP contribution in [0, 0.1) is 0 Å². The zero-order valence-corrected chi connectivity index (χ0v) is 20.7. The van der Waals surface area contributed by atoms with Gasteiger partial charge in [-0.25, -0.2) is 15.0 Å². The minimum Gasteiger partial charge on any atom is -0.338 e. The van der Waals surface area contributed by atoms with Crippen molar-refractivity contribution in [2.45, 2.75) is 19.5 Å². The third-order valence-corrected chi connectivity index (χ3v) is 8.12. The van der Waals surface area contributed by atoms with Gasteiger partial charge in [0, 0.05) is 68.6 Å². The van der Waals surface area contributed by atoms with Crippen LogP contribution in [0.4, 0.5) is 5.95 Å². The van der Waals surface area contributed by atoms with E-state index in [2.05, 4.69) is 24.8 Å². The van der Waals surface area contributed by atoms with E-state index >= 15 is 0 Å². The van der Waals surface area contributed by atoms with E-state index in [-0.39, 0.29) is 11.5 Å². The molecule has 10 heteroatoms. The molecule has 1 amide bonds. The highest BCUT2D eigenvalue weighted by Crippen LogP contribution is 2.32. The lowest BCUT2D eigenvalue weighted by molar-refractivity contribution is 0.0737. The number of hydrogen-bond donors (Lipinski definition) is 0. The molecule has 0 bridgehead atoms. The van der Waals surface area contributed by atoms with Gasteiger partial charge in [-0.15, -0.1) is 11.3 Å². The number of anilines is 1. The van der Waals surface area contributed by atoms with Crippen molar-refractivity contribution in [3.05, 3.63) is 81.5 Å². The maximum atomic E-state index is 13.4. The van der Waals surface area contributed by atoms with Crippen LogP contribution in [0.1, 0.15) is 20.8 Å². The Balaban J connectivity index is 1.13.